The summed E-state index contributed by atoms with van der Waals surface area (Å²) in [6.45, 7) is 1.71. The fourth-order valence-corrected chi connectivity index (χ4v) is 1.69. The molecule has 1 aromatic heterocycles. The van der Waals surface area contributed by atoms with Crippen molar-refractivity contribution in [1.82, 2.24) is 9.78 Å². The van der Waals surface area contributed by atoms with E-state index in [0.717, 1.165) is 0 Å². The molecule has 19 heavy (non-hydrogen) atoms. The number of carbonyl (C=O) groups is 1. The van der Waals surface area contributed by atoms with Gasteiger partial charge in [0.1, 0.15) is 17.4 Å². The van der Waals surface area contributed by atoms with Crippen molar-refractivity contribution >= 4 is 5.97 Å². The van der Waals surface area contributed by atoms with Crippen LogP contribution >= 0.6 is 0 Å². The molecular formula is C13H11N3O3. The van der Waals surface area contributed by atoms with Gasteiger partial charge in [-0.2, -0.15) is 10.4 Å². The molecule has 1 heterocycles. The minimum absolute atomic E-state index is 0.120. The summed E-state index contributed by atoms with van der Waals surface area (Å²) in [5.74, 6) is -0.394. The second kappa shape index (κ2) is 4.82. The number of hydrogen-bond acceptors (Lipinski definition) is 4. The molecule has 0 aliphatic rings. The smallest absolute Gasteiger partial charge is 0.335 e. The minimum atomic E-state index is -1.04. The first-order chi connectivity index (χ1) is 9.02. The van der Waals surface area contributed by atoms with E-state index in [1.165, 1.54) is 16.8 Å². The molecule has 0 bridgehead atoms. The summed E-state index contributed by atoms with van der Waals surface area (Å²) in [5, 5.41) is 22.1. The number of aromatic nitrogens is 2. The van der Waals surface area contributed by atoms with Gasteiger partial charge in [-0.1, -0.05) is 6.07 Å². The standard InChI is InChI=1S/C13H11N3O3/c1-8-11(7-14)12(16(2)15-8)19-10-5-3-4-9(6-10)13(17)18/h3-6H,1-2H3,(H,17,18). The maximum Gasteiger partial charge on any atom is 0.335 e. The lowest BCUT2D eigenvalue weighted by atomic mass is 10.2. The first-order valence-corrected chi connectivity index (χ1v) is 5.48. The summed E-state index contributed by atoms with van der Waals surface area (Å²) in [5.41, 5.74) is 1.02. The Labute approximate surface area is 109 Å². The van der Waals surface area contributed by atoms with Crippen LogP contribution in [0.15, 0.2) is 24.3 Å². The van der Waals surface area contributed by atoms with Crippen molar-refractivity contribution in [2.75, 3.05) is 0 Å². The van der Waals surface area contributed by atoms with E-state index in [2.05, 4.69) is 5.10 Å². The van der Waals surface area contributed by atoms with E-state index in [0.29, 0.717) is 22.9 Å². The maximum atomic E-state index is 10.9. The molecule has 0 unspecified atom stereocenters. The van der Waals surface area contributed by atoms with Crippen LogP contribution in [0.25, 0.3) is 0 Å². The second-order valence-corrected chi connectivity index (χ2v) is 3.94. The lowest BCUT2D eigenvalue weighted by molar-refractivity contribution is 0.0696. The largest absolute Gasteiger partial charge is 0.478 e. The van der Waals surface area contributed by atoms with E-state index < -0.39 is 5.97 Å². The normalized spacial score (nSPS) is 9.95. The van der Waals surface area contributed by atoms with Crippen molar-refractivity contribution in [2.45, 2.75) is 6.92 Å². The highest BCUT2D eigenvalue weighted by atomic mass is 16.5. The van der Waals surface area contributed by atoms with E-state index in [1.807, 2.05) is 6.07 Å². The summed E-state index contributed by atoms with van der Waals surface area (Å²) in [4.78, 5) is 10.9. The molecule has 0 spiro atoms. The summed E-state index contributed by atoms with van der Waals surface area (Å²) < 4.78 is 7.00. The van der Waals surface area contributed by atoms with Crippen molar-refractivity contribution in [2.24, 2.45) is 7.05 Å². The number of aromatic carboxylic acids is 1. The number of carboxylic acid groups (broad SMARTS) is 1. The van der Waals surface area contributed by atoms with E-state index in [4.69, 9.17) is 15.1 Å². The quantitative estimate of drug-likeness (QED) is 0.909. The number of rotatable bonds is 3. The van der Waals surface area contributed by atoms with Gasteiger partial charge in [-0.15, -0.1) is 0 Å². The number of hydrogen-bond donors (Lipinski definition) is 1. The Morgan fingerprint density at radius 2 is 2.26 bits per heavy atom. The summed E-state index contributed by atoms with van der Waals surface area (Å²) in [6.07, 6.45) is 0. The van der Waals surface area contributed by atoms with Crippen molar-refractivity contribution in [3.8, 4) is 17.7 Å². The highest BCUT2D eigenvalue weighted by Gasteiger charge is 2.15. The Bertz CT molecular complexity index is 683. The average molecular weight is 257 g/mol. The third-order valence-electron chi connectivity index (χ3n) is 2.58. The van der Waals surface area contributed by atoms with Gasteiger partial charge in [0.2, 0.25) is 5.88 Å². The molecule has 0 atom stereocenters. The molecule has 2 rings (SSSR count). The Balaban J connectivity index is 2.39. The molecule has 1 N–H and O–H groups in total. The van der Waals surface area contributed by atoms with Crippen LogP contribution in [0.5, 0.6) is 11.6 Å². The van der Waals surface area contributed by atoms with Gasteiger partial charge in [0, 0.05) is 7.05 Å². The van der Waals surface area contributed by atoms with Gasteiger partial charge < -0.3 is 9.84 Å². The van der Waals surface area contributed by atoms with E-state index in [9.17, 15) is 4.79 Å². The van der Waals surface area contributed by atoms with Crippen LogP contribution in [0.2, 0.25) is 0 Å². The topological polar surface area (TPSA) is 88.1 Å². The van der Waals surface area contributed by atoms with Gasteiger partial charge in [-0.25, -0.2) is 9.48 Å². The number of aryl methyl sites for hydroxylation is 2. The Morgan fingerprint density at radius 1 is 1.53 bits per heavy atom. The van der Waals surface area contributed by atoms with Crippen LogP contribution < -0.4 is 4.74 Å². The zero-order chi connectivity index (χ0) is 14.0. The molecule has 0 aliphatic carbocycles. The molecule has 6 nitrogen and oxygen atoms in total. The lowest BCUT2D eigenvalue weighted by Crippen LogP contribution is -1.99. The molecule has 0 saturated carbocycles. The number of benzene rings is 1. The van der Waals surface area contributed by atoms with Gasteiger partial charge in [0.15, 0.2) is 0 Å². The fraction of sp³-hybridized carbons (Fsp3) is 0.154. The molecular weight excluding hydrogens is 246 g/mol. The minimum Gasteiger partial charge on any atom is -0.478 e. The van der Waals surface area contributed by atoms with Crippen LogP contribution in [-0.4, -0.2) is 20.9 Å². The molecule has 0 radical (unpaired) electrons. The van der Waals surface area contributed by atoms with Gasteiger partial charge >= 0.3 is 5.97 Å². The van der Waals surface area contributed by atoms with Gasteiger partial charge in [0.05, 0.1) is 11.3 Å². The monoisotopic (exact) mass is 257 g/mol. The molecule has 6 heteroatoms. The SMILES string of the molecule is Cc1nn(C)c(Oc2cccc(C(=O)O)c2)c1C#N. The van der Waals surface area contributed by atoms with E-state index in [-0.39, 0.29) is 5.56 Å². The van der Waals surface area contributed by atoms with Crippen LogP contribution in [0.4, 0.5) is 0 Å². The lowest BCUT2D eigenvalue weighted by Gasteiger charge is -2.06. The number of nitriles is 1. The van der Waals surface area contributed by atoms with Crippen LogP contribution in [0.3, 0.4) is 0 Å². The highest BCUT2D eigenvalue weighted by molar-refractivity contribution is 5.88. The zero-order valence-corrected chi connectivity index (χ0v) is 10.4. The summed E-state index contributed by atoms with van der Waals surface area (Å²) in [7, 11) is 1.66. The third kappa shape index (κ3) is 2.40. The Kier molecular flexibility index (Phi) is 3.21. The number of nitrogens with zero attached hydrogens (tertiary/aromatic N) is 3. The first-order valence-electron chi connectivity index (χ1n) is 5.48. The predicted molar refractivity (Wildman–Crippen MR) is 66.1 cm³/mol. The van der Waals surface area contributed by atoms with Crippen molar-refractivity contribution in [1.29, 1.82) is 5.26 Å². The zero-order valence-electron chi connectivity index (χ0n) is 10.4. The van der Waals surface area contributed by atoms with Gasteiger partial charge in [-0.05, 0) is 25.1 Å². The molecule has 0 fully saturated rings. The van der Waals surface area contributed by atoms with Crippen molar-refractivity contribution < 1.29 is 14.6 Å². The van der Waals surface area contributed by atoms with Crippen LogP contribution in [-0.2, 0) is 7.05 Å². The second-order valence-electron chi connectivity index (χ2n) is 3.94. The molecule has 1 aromatic carbocycles. The first kappa shape index (κ1) is 12.6. The fourth-order valence-electron chi connectivity index (χ4n) is 1.69. The van der Waals surface area contributed by atoms with Crippen molar-refractivity contribution in [3.05, 3.63) is 41.1 Å². The van der Waals surface area contributed by atoms with Crippen LogP contribution in [0, 0.1) is 18.3 Å². The number of ether oxygens (including phenoxy) is 1. The van der Waals surface area contributed by atoms with Crippen LogP contribution in [0.1, 0.15) is 21.6 Å². The van der Waals surface area contributed by atoms with E-state index in [1.54, 1.807) is 26.1 Å². The average Bonchev–Trinajstić information content (AvgIpc) is 2.64. The van der Waals surface area contributed by atoms with Gasteiger partial charge in [-0.3, -0.25) is 0 Å². The molecule has 0 aliphatic heterocycles. The summed E-state index contributed by atoms with van der Waals surface area (Å²) in [6, 6.07) is 8.08. The molecule has 0 saturated heterocycles. The molecule has 96 valence electrons. The number of carboxylic acids is 1. The highest BCUT2D eigenvalue weighted by Crippen LogP contribution is 2.26. The Morgan fingerprint density at radius 3 is 2.89 bits per heavy atom. The van der Waals surface area contributed by atoms with Gasteiger partial charge in [0.25, 0.3) is 0 Å². The molecule has 0 amide bonds. The summed E-state index contributed by atoms with van der Waals surface area (Å²) >= 11 is 0. The third-order valence-corrected chi connectivity index (χ3v) is 2.58. The Hall–Kier alpha value is -2.81. The predicted octanol–water partition coefficient (Wildman–Crippen LogP) is 2.09. The van der Waals surface area contributed by atoms with E-state index >= 15 is 0 Å². The maximum absolute atomic E-state index is 10.9. The molecule has 2 aromatic rings. The van der Waals surface area contributed by atoms with Crippen molar-refractivity contribution in [3.63, 3.8) is 0 Å².